The van der Waals surface area contributed by atoms with Crippen molar-refractivity contribution >= 4 is 11.6 Å². The van der Waals surface area contributed by atoms with E-state index in [0.717, 1.165) is 17.6 Å². The third kappa shape index (κ3) is 15.1. The highest BCUT2D eigenvalue weighted by molar-refractivity contribution is 5.94. The van der Waals surface area contributed by atoms with E-state index in [1.165, 1.54) is 41.6 Å². The zero-order valence-corrected chi connectivity index (χ0v) is 28.1. The van der Waals surface area contributed by atoms with Gasteiger partial charge in [0.05, 0.1) is 0 Å². The average molecular weight is 569 g/mol. The van der Waals surface area contributed by atoms with Crippen LogP contribution >= 0.6 is 0 Å². The fourth-order valence-electron chi connectivity index (χ4n) is 4.90. The van der Waals surface area contributed by atoms with Gasteiger partial charge in [0.25, 0.3) is 0 Å². The quantitative estimate of drug-likeness (QED) is 0.145. The van der Waals surface area contributed by atoms with Gasteiger partial charge in [0, 0.05) is 11.8 Å². The van der Waals surface area contributed by atoms with Crippen LogP contribution in [0, 0.1) is 10.8 Å². The molecule has 1 rings (SSSR count). The highest BCUT2D eigenvalue weighted by atomic mass is 16.1. The molecule has 0 fully saturated rings. The summed E-state index contributed by atoms with van der Waals surface area (Å²) in [5.74, 6) is 0.268. The van der Waals surface area contributed by atoms with Crippen LogP contribution in [-0.4, -0.2) is 11.6 Å². The van der Waals surface area contributed by atoms with Crippen molar-refractivity contribution in [2.45, 2.75) is 108 Å². The predicted molar refractivity (Wildman–Crippen MR) is 184 cm³/mol. The number of ketones is 2. The zero-order chi connectivity index (χ0) is 31.8. The van der Waals surface area contributed by atoms with E-state index in [4.69, 9.17) is 0 Å². The lowest BCUT2D eigenvalue weighted by Crippen LogP contribution is -2.22. The van der Waals surface area contributed by atoms with E-state index in [-0.39, 0.29) is 17.0 Å². The first-order valence-electron chi connectivity index (χ1n) is 15.5. The van der Waals surface area contributed by atoms with Crippen LogP contribution in [0.2, 0.25) is 0 Å². The van der Waals surface area contributed by atoms with Crippen molar-refractivity contribution in [2.75, 3.05) is 0 Å². The Bertz CT molecular complexity index is 1240. The summed E-state index contributed by atoms with van der Waals surface area (Å²) in [6, 6.07) is 0. The van der Waals surface area contributed by atoms with E-state index in [1.54, 1.807) is 13.0 Å². The minimum atomic E-state index is -0.452. The molecule has 2 heteroatoms. The first kappa shape index (κ1) is 36.8. The summed E-state index contributed by atoms with van der Waals surface area (Å²) in [6.07, 6.45) is 34.6. The van der Waals surface area contributed by atoms with Gasteiger partial charge in [0.15, 0.2) is 5.78 Å². The summed E-state index contributed by atoms with van der Waals surface area (Å²) in [5.41, 5.74) is 7.44. The lowest BCUT2D eigenvalue weighted by atomic mass is 9.72. The van der Waals surface area contributed by atoms with Crippen molar-refractivity contribution in [2.24, 2.45) is 10.8 Å². The van der Waals surface area contributed by atoms with Crippen molar-refractivity contribution < 1.29 is 9.59 Å². The maximum Gasteiger partial charge on any atom is 0.161 e. The minimum absolute atomic E-state index is 0.0944. The number of Topliss-reactive ketones (excluding diaryl/α,β-unsaturated/α-hetero) is 1. The Kier molecular flexibility index (Phi) is 16.0. The van der Waals surface area contributed by atoms with Crippen molar-refractivity contribution in [3.05, 3.63) is 119 Å². The molecule has 228 valence electrons. The molecule has 0 aliphatic heterocycles. The molecule has 0 saturated heterocycles. The molecule has 0 radical (unpaired) electrons. The Balaban J connectivity index is 2.62. The summed E-state index contributed by atoms with van der Waals surface area (Å²) in [6.45, 7) is 20.8. The Morgan fingerprint density at radius 1 is 0.738 bits per heavy atom. The molecule has 2 nitrogen and oxygen atoms in total. The number of allylic oxidation sites excluding steroid dienone is 20. The largest absolute Gasteiger partial charge is 0.300 e. The molecule has 0 bridgehead atoms. The van der Waals surface area contributed by atoms with Gasteiger partial charge in [-0.05, 0) is 90.7 Å². The van der Waals surface area contributed by atoms with Crippen LogP contribution in [0.5, 0.6) is 0 Å². The molecule has 0 aromatic rings. The third-order valence-corrected chi connectivity index (χ3v) is 7.82. The molecule has 42 heavy (non-hydrogen) atoms. The maximum absolute atomic E-state index is 12.6. The van der Waals surface area contributed by atoms with Gasteiger partial charge >= 0.3 is 0 Å². The second-order valence-corrected chi connectivity index (χ2v) is 13.1. The van der Waals surface area contributed by atoms with Gasteiger partial charge in [0.1, 0.15) is 5.78 Å². The van der Waals surface area contributed by atoms with Gasteiger partial charge in [-0.15, -0.1) is 0 Å². The standard InChI is InChI=1S/C40H56O2/c1-31(19-13-21-33(3)25-27-37-35(5)23-15-29-39(37,7)8)17-11-12-18-32(2)20-14-22-34(4)26-28-38(42)40(9,10)30-16-24-36(6)41/h11-14,17-22,25-28H,15-16,23-24,29-30H2,1-10H3. The van der Waals surface area contributed by atoms with Gasteiger partial charge in [-0.25, -0.2) is 0 Å². The molecule has 0 unspecified atom stereocenters. The van der Waals surface area contributed by atoms with Crippen molar-refractivity contribution in [3.63, 3.8) is 0 Å². The van der Waals surface area contributed by atoms with Gasteiger partial charge in [-0.1, -0.05) is 135 Å². The maximum atomic E-state index is 12.6. The lowest BCUT2D eigenvalue weighted by Gasteiger charge is -2.32. The van der Waals surface area contributed by atoms with Crippen LogP contribution in [0.3, 0.4) is 0 Å². The molecular formula is C40H56O2. The van der Waals surface area contributed by atoms with Crippen molar-refractivity contribution in [3.8, 4) is 0 Å². The second-order valence-electron chi connectivity index (χ2n) is 13.1. The van der Waals surface area contributed by atoms with Crippen LogP contribution in [0.4, 0.5) is 0 Å². The molecule has 0 amide bonds. The molecule has 0 aromatic carbocycles. The molecule has 1 aliphatic rings. The SMILES string of the molecule is CC(=O)CCCC(C)(C)C(=O)C=CC(C)=CC=CC(C)=CC=CC=C(C)C=CC=C(C)C=CC1=C(C)CCCC1(C)C. The van der Waals surface area contributed by atoms with Crippen LogP contribution in [-0.2, 0) is 9.59 Å². The summed E-state index contributed by atoms with van der Waals surface area (Å²) >= 11 is 0. The normalized spacial score (nSPS) is 18.1. The van der Waals surface area contributed by atoms with E-state index >= 15 is 0 Å². The molecule has 0 N–H and O–H groups in total. The third-order valence-electron chi connectivity index (χ3n) is 7.82. The van der Waals surface area contributed by atoms with E-state index in [2.05, 4.69) is 96.2 Å². The van der Waals surface area contributed by atoms with Gasteiger partial charge in [-0.2, -0.15) is 0 Å². The number of carbonyl (C=O) groups is 2. The highest BCUT2D eigenvalue weighted by Gasteiger charge is 2.26. The van der Waals surface area contributed by atoms with Crippen molar-refractivity contribution in [1.29, 1.82) is 0 Å². The Labute approximate surface area is 257 Å². The molecule has 1 aliphatic carbocycles. The second kappa shape index (κ2) is 18.3. The molecule has 0 atom stereocenters. The zero-order valence-electron chi connectivity index (χ0n) is 28.1. The topological polar surface area (TPSA) is 34.1 Å². The monoisotopic (exact) mass is 568 g/mol. The van der Waals surface area contributed by atoms with Crippen LogP contribution < -0.4 is 0 Å². The summed E-state index contributed by atoms with van der Waals surface area (Å²) in [4.78, 5) is 23.7. The smallest absolute Gasteiger partial charge is 0.161 e. The van der Waals surface area contributed by atoms with Gasteiger partial charge < -0.3 is 4.79 Å². The molecular weight excluding hydrogens is 512 g/mol. The van der Waals surface area contributed by atoms with E-state index in [0.29, 0.717) is 12.8 Å². The minimum Gasteiger partial charge on any atom is -0.300 e. The predicted octanol–water partition coefficient (Wildman–Crippen LogP) is 11.4. The van der Waals surface area contributed by atoms with Crippen molar-refractivity contribution in [1.82, 2.24) is 0 Å². The van der Waals surface area contributed by atoms with Crippen LogP contribution in [0.25, 0.3) is 0 Å². The Hall–Kier alpha value is -3.26. The van der Waals surface area contributed by atoms with E-state index in [1.807, 2.05) is 45.1 Å². The summed E-state index contributed by atoms with van der Waals surface area (Å²) in [5, 5.41) is 0. The molecule has 0 aromatic heterocycles. The average Bonchev–Trinajstić information content (AvgIpc) is 2.88. The summed E-state index contributed by atoms with van der Waals surface area (Å²) in [7, 11) is 0. The van der Waals surface area contributed by atoms with Gasteiger partial charge in [0.2, 0.25) is 0 Å². The fraction of sp³-hybridized carbons (Fsp3) is 0.450. The van der Waals surface area contributed by atoms with E-state index < -0.39 is 5.41 Å². The van der Waals surface area contributed by atoms with Crippen LogP contribution in [0.15, 0.2) is 119 Å². The number of hydrogen-bond acceptors (Lipinski definition) is 2. The Morgan fingerprint density at radius 2 is 1.24 bits per heavy atom. The summed E-state index contributed by atoms with van der Waals surface area (Å²) < 4.78 is 0. The van der Waals surface area contributed by atoms with Crippen LogP contribution in [0.1, 0.15) is 108 Å². The Morgan fingerprint density at radius 3 is 1.76 bits per heavy atom. The molecule has 0 heterocycles. The van der Waals surface area contributed by atoms with Gasteiger partial charge in [-0.3, -0.25) is 4.79 Å². The lowest BCUT2D eigenvalue weighted by molar-refractivity contribution is -0.123. The van der Waals surface area contributed by atoms with E-state index in [9.17, 15) is 9.59 Å². The number of hydrogen-bond donors (Lipinski definition) is 0. The number of rotatable bonds is 15. The first-order chi connectivity index (χ1) is 19.6. The molecule has 0 saturated carbocycles. The highest BCUT2D eigenvalue weighted by Crippen LogP contribution is 2.40. The molecule has 0 spiro atoms. The first-order valence-corrected chi connectivity index (χ1v) is 15.5. The fourth-order valence-corrected chi connectivity index (χ4v) is 4.90. The number of carbonyl (C=O) groups excluding carboxylic acids is 2.